The molecule has 0 radical (unpaired) electrons. The van der Waals surface area contributed by atoms with Gasteiger partial charge in [-0.15, -0.1) is 11.3 Å². The molecule has 1 aromatic carbocycles. The molecule has 1 aliphatic rings. The molecule has 1 aliphatic carbocycles. The average molecular weight is 418 g/mol. The Labute approximate surface area is 172 Å². The van der Waals surface area contributed by atoms with Gasteiger partial charge in [0.1, 0.15) is 5.00 Å². The minimum atomic E-state index is -0.812. The zero-order valence-corrected chi connectivity index (χ0v) is 17.2. The summed E-state index contributed by atoms with van der Waals surface area (Å²) in [6.45, 7) is 1.81. The lowest BCUT2D eigenvalue weighted by molar-refractivity contribution is 0.0925. The summed E-state index contributed by atoms with van der Waals surface area (Å²) in [6.07, 6.45) is 1.69. The predicted octanol–water partition coefficient (Wildman–Crippen LogP) is 3.39. The molecule has 1 heterocycles. The Morgan fingerprint density at radius 1 is 1.07 bits per heavy atom. The van der Waals surface area contributed by atoms with E-state index in [4.69, 9.17) is 14.2 Å². The quantitative estimate of drug-likeness (QED) is 0.745. The fourth-order valence-electron chi connectivity index (χ4n) is 3.21. The molecule has 154 valence electrons. The second-order valence-corrected chi connectivity index (χ2v) is 7.37. The van der Waals surface area contributed by atoms with E-state index in [0.717, 1.165) is 29.7 Å². The SMILES string of the molecule is CCOC(=O)NC(=O)c1c(NC(=O)c2ccc(OC)c(OC)c2)sc2c1CCC2. The number of carbonyl (C=O) groups excluding carboxylic acids is 3. The number of imide groups is 1. The summed E-state index contributed by atoms with van der Waals surface area (Å²) in [7, 11) is 3.00. The number of methoxy groups -OCH3 is 2. The van der Waals surface area contributed by atoms with Gasteiger partial charge in [-0.3, -0.25) is 14.9 Å². The van der Waals surface area contributed by atoms with Crippen LogP contribution >= 0.6 is 11.3 Å². The molecule has 0 atom stereocenters. The zero-order chi connectivity index (χ0) is 21.0. The van der Waals surface area contributed by atoms with Crippen molar-refractivity contribution in [3.8, 4) is 11.5 Å². The second-order valence-electron chi connectivity index (χ2n) is 6.26. The molecule has 0 bridgehead atoms. The number of rotatable bonds is 6. The highest BCUT2D eigenvalue weighted by Crippen LogP contribution is 2.39. The van der Waals surface area contributed by atoms with Crippen LogP contribution in [0.4, 0.5) is 9.80 Å². The van der Waals surface area contributed by atoms with E-state index in [2.05, 4.69) is 10.6 Å². The van der Waals surface area contributed by atoms with E-state index in [1.54, 1.807) is 25.1 Å². The molecule has 0 saturated heterocycles. The number of anilines is 1. The molecule has 8 nitrogen and oxygen atoms in total. The van der Waals surface area contributed by atoms with Crippen molar-refractivity contribution < 1.29 is 28.6 Å². The molecule has 0 saturated carbocycles. The van der Waals surface area contributed by atoms with Crippen LogP contribution in [0.5, 0.6) is 11.5 Å². The number of amides is 3. The van der Waals surface area contributed by atoms with Gasteiger partial charge in [0.2, 0.25) is 0 Å². The summed E-state index contributed by atoms with van der Waals surface area (Å²) in [5.41, 5.74) is 1.55. The van der Waals surface area contributed by atoms with E-state index < -0.39 is 17.9 Å². The van der Waals surface area contributed by atoms with E-state index in [1.165, 1.54) is 25.6 Å². The lowest BCUT2D eigenvalue weighted by Gasteiger charge is -2.11. The molecule has 0 unspecified atom stereocenters. The van der Waals surface area contributed by atoms with E-state index in [-0.39, 0.29) is 6.61 Å². The third kappa shape index (κ3) is 4.34. The normalized spacial score (nSPS) is 12.1. The van der Waals surface area contributed by atoms with Crippen LogP contribution in [-0.4, -0.2) is 38.7 Å². The monoisotopic (exact) mass is 418 g/mol. The molecule has 3 rings (SSSR count). The standard InChI is InChI=1S/C20H22N2O6S/c1-4-28-20(25)22-18(24)16-12-6-5-7-15(12)29-19(16)21-17(23)11-8-9-13(26-2)14(10-11)27-3/h8-10H,4-7H2,1-3H3,(H,21,23)(H,22,24,25). The number of nitrogens with one attached hydrogen (secondary N) is 2. The summed E-state index contributed by atoms with van der Waals surface area (Å²) in [5, 5.41) is 5.43. The van der Waals surface area contributed by atoms with Gasteiger partial charge in [0.05, 0.1) is 26.4 Å². The maximum Gasteiger partial charge on any atom is 0.414 e. The summed E-state index contributed by atoms with van der Waals surface area (Å²) in [6, 6.07) is 4.81. The van der Waals surface area contributed by atoms with Crippen LogP contribution in [0, 0.1) is 0 Å². The van der Waals surface area contributed by atoms with Crippen molar-refractivity contribution in [2.24, 2.45) is 0 Å². The Morgan fingerprint density at radius 3 is 2.52 bits per heavy atom. The van der Waals surface area contributed by atoms with Crippen LogP contribution in [0.1, 0.15) is 44.5 Å². The van der Waals surface area contributed by atoms with E-state index in [1.807, 2.05) is 0 Å². The van der Waals surface area contributed by atoms with Crippen LogP contribution in [0.3, 0.4) is 0 Å². The van der Waals surface area contributed by atoms with Gasteiger partial charge < -0.3 is 19.5 Å². The Morgan fingerprint density at radius 2 is 1.83 bits per heavy atom. The number of ether oxygens (including phenoxy) is 3. The molecule has 3 amide bonds. The van der Waals surface area contributed by atoms with E-state index in [0.29, 0.717) is 27.6 Å². The van der Waals surface area contributed by atoms with Crippen LogP contribution in [0.2, 0.25) is 0 Å². The minimum Gasteiger partial charge on any atom is -0.493 e. The van der Waals surface area contributed by atoms with Crippen molar-refractivity contribution in [3.05, 3.63) is 39.8 Å². The number of hydrogen-bond donors (Lipinski definition) is 2. The number of carbonyl (C=O) groups is 3. The Hall–Kier alpha value is -3.07. The van der Waals surface area contributed by atoms with Crippen LogP contribution in [-0.2, 0) is 17.6 Å². The molecular formula is C20H22N2O6S. The van der Waals surface area contributed by atoms with Gasteiger partial charge in [0, 0.05) is 10.4 Å². The Bertz CT molecular complexity index is 953. The maximum absolute atomic E-state index is 12.8. The van der Waals surface area contributed by atoms with Gasteiger partial charge >= 0.3 is 6.09 Å². The molecule has 9 heteroatoms. The van der Waals surface area contributed by atoms with Crippen molar-refractivity contribution in [2.75, 3.05) is 26.1 Å². The highest BCUT2D eigenvalue weighted by atomic mass is 32.1. The van der Waals surface area contributed by atoms with Gasteiger partial charge in [0.25, 0.3) is 11.8 Å². The number of alkyl carbamates (subject to hydrolysis) is 1. The lowest BCUT2D eigenvalue weighted by atomic mass is 10.1. The molecular weight excluding hydrogens is 396 g/mol. The Balaban J connectivity index is 1.87. The fourth-order valence-corrected chi connectivity index (χ4v) is 4.49. The Kier molecular flexibility index (Phi) is 6.38. The maximum atomic E-state index is 12.8. The number of aryl methyl sites for hydroxylation is 1. The number of hydrogen-bond acceptors (Lipinski definition) is 7. The average Bonchev–Trinajstić information content (AvgIpc) is 3.28. The lowest BCUT2D eigenvalue weighted by Crippen LogP contribution is -2.32. The predicted molar refractivity (Wildman–Crippen MR) is 108 cm³/mol. The summed E-state index contributed by atoms with van der Waals surface area (Å²) >= 11 is 1.36. The molecule has 0 fully saturated rings. The van der Waals surface area contributed by atoms with E-state index in [9.17, 15) is 14.4 Å². The molecule has 1 aromatic heterocycles. The van der Waals surface area contributed by atoms with Crippen LogP contribution in [0.15, 0.2) is 18.2 Å². The fraction of sp³-hybridized carbons (Fsp3) is 0.350. The van der Waals surface area contributed by atoms with Crippen molar-refractivity contribution in [1.82, 2.24) is 5.32 Å². The van der Waals surface area contributed by atoms with Crippen molar-refractivity contribution in [2.45, 2.75) is 26.2 Å². The summed E-state index contributed by atoms with van der Waals surface area (Å²) < 4.78 is 15.2. The minimum absolute atomic E-state index is 0.157. The smallest absolute Gasteiger partial charge is 0.414 e. The number of benzene rings is 1. The zero-order valence-electron chi connectivity index (χ0n) is 16.4. The number of thiophene rings is 1. The van der Waals surface area contributed by atoms with Gasteiger partial charge in [0.15, 0.2) is 11.5 Å². The third-order valence-corrected chi connectivity index (χ3v) is 5.72. The van der Waals surface area contributed by atoms with Gasteiger partial charge in [-0.05, 0) is 49.9 Å². The first kappa shape index (κ1) is 20.7. The molecule has 2 N–H and O–H groups in total. The van der Waals surface area contributed by atoms with Crippen LogP contribution in [0.25, 0.3) is 0 Å². The van der Waals surface area contributed by atoms with Gasteiger partial charge in [-0.2, -0.15) is 0 Å². The molecule has 0 spiro atoms. The number of fused-ring (bicyclic) bond motifs is 1. The van der Waals surface area contributed by atoms with Crippen LogP contribution < -0.4 is 20.1 Å². The first-order valence-electron chi connectivity index (χ1n) is 9.14. The van der Waals surface area contributed by atoms with E-state index >= 15 is 0 Å². The highest BCUT2D eigenvalue weighted by Gasteiger charge is 2.29. The molecule has 2 aromatic rings. The highest BCUT2D eigenvalue weighted by molar-refractivity contribution is 7.17. The second kappa shape index (κ2) is 8.95. The largest absolute Gasteiger partial charge is 0.493 e. The van der Waals surface area contributed by atoms with Gasteiger partial charge in [-0.25, -0.2) is 4.79 Å². The first-order valence-corrected chi connectivity index (χ1v) is 9.96. The van der Waals surface area contributed by atoms with Crippen molar-refractivity contribution >= 4 is 34.2 Å². The molecule has 29 heavy (non-hydrogen) atoms. The topological polar surface area (TPSA) is 103 Å². The summed E-state index contributed by atoms with van der Waals surface area (Å²) in [4.78, 5) is 38.2. The molecule has 0 aliphatic heterocycles. The van der Waals surface area contributed by atoms with Gasteiger partial charge in [-0.1, -0.05) is 0 Å². The first-order chi connectivity index (χ1) is 14.0. The summed E-state index contributed by atoms with van der Waals surface area (Å²) in [5.74, 6) is -0.0377. The van der Waals surface area contributed by atoms with Crippen molar-refractivity contribution in [1.29, 1.82) is 0 Å². The van der Waals surface area contributed by atoms with Crippen molar-refractivity contribution in [3.63, 3.8) is 0 Å². The third-order valence-electron chi connectivity index (χ3n) is 4.51.